The fourth-order valence-electron chi connectivity index (χ4n) is 4.35. The van der Waals surface area contributed by atoms with Gasteiger partial charge >= 0.3 is 5.97 Å². The largest absolute Gasteiger partial charge is 0.493 e. The lowest BCUT2D eigenvalue weighted by Gasteiger charge is -2.39. The van der Waals surface area contributed by atoms with Gasteiger partial charge in [-0.05, 0) is 66.6 Å². The second-order valence-electron chi connectivity index (χ2n) is 8.20. The number of carbonyl (C=O) groups is 1. The number of hydrogen-bond acceptors (Lipinski definition) is 5. The minimum atomic E-state index is -0.752. The predicted octanol–water partition coefficient (Wildman–Crippen LogP) is 5.67. The van der Waals surface area contributed by atoms with Crippen LogP contribution in [0.4, 0.5) is 0 Å². The Morgan fingerprint density at radius 3 is 2.66 bits per heavy atom. The molecule has 0 amide bonds. The highest BCUT2D eigenvalue weighted by Crippen LogP contribution is 2.40. The fourth-order valence-corrected chi connectivity index (χ4v) is 5.40. The minimum absolute atomic E-state index is 0.132. The number of benzene rings is 2. The molecule has 0 spiro atoms. The van der Waals surface area contributed by atoms with E-state index in [1.807, 2.05) is 48.5 Å². The van der Waals surface area contributed by atoms with Crippen molar-refractivity contribution >= 4 is 17.3 Å². The number of nitrogens with zero attached hydrogens (tertiary/aromatic N) is 1. The first kappa shape index (κ1) is 22.4. The molecule has 1 N–H and O–H groups in total. The fraction of sp³-hybridized carbons (Fsp3) is 0.346. The highest BCUT2D eigenvalue weighted by Gasteiger charge is 2.36. The van der Waals surface area contributed by atoms with Crippen LogP contribution in [-0.4, -0.2) is 35.7 Å². The summed E-state index contributed by atoms with van der Waals surface area (Å²) < 4.78 is 11.7. The SMILES string of the molecule is COc1cc(C(c2cc(C)cs2)N2CCCCC2C(=O)O)ccc1OCc1ccccc1. The molecule has 2 atom stereocenters. The number of likely N-dealkylation sites (tertiary alicyclic amines) is 1. The van der Waals surface area contributed by atoms with Gasteiger partial charge in [0.05, 0.1) is 13.2 Å². The third-order valence-electron chi connectivity index (χ3n) is 5.92. The van der Waals surface area contributed by atoms with Gasteiger partial charge in [-0.3, -0.25) is 9.69 Å². The zero-order valence-electron chi connectivity index (χ0n) is 18.5. The van der Waals surface area contributed by atoms with E-state index >= 15 is 0 Å². The van der Waals surface area contributed by atoms with E-state index in [9.17, 15) is 9.90 Å². The number of piperidine rings is 1. The number of thiophene rings is 1. The number of aryl methyl sites for hydroxylation is 1. The lowest BCUT2D eigenvalue weighted by molar-refractivity contribution is -0.145. The molecule has 1 aliphatic heterocycles. The van der Waals surface area contributed by atoms with Crippen molar-refractivity contribution in [1.82, 2.24) is 4.90 Å². The van der Waals surface area contributed by atoms with E-state index in [-0.39, 0.29) is 6.04 Å². The summed E-state index contributed by atoms with van der Waals surface area (Å²) in [6.45, 7) is 3.29. The first-order chi connectivity index (χ1) is 15.6. The van der Waals surface area contributed by atoms with Gasteiger partial charge in [-0.25, -0.2) is 0 Å². The number of ether oxygens (including phenoxy) is 2. The molecule has 2 unspecified atom stereocenters. The third-order valence-corrected chi connectivity index (χ3v) is 7.02. The minimum Gasteiger partial charge on any atom is -0.493 e. The molecule has 0 aliphatic carbocycles. The molecule has 168 valence electrons. The second kappa shape index (κ2) is 10.2. The van der Waals surface area contributed by atoms with Crippen LogP contribution < -0.4 is 9.47 Å². The standard InChI is InChI=1S/C26H29NO4S/c1-18-14-24(32-17-18)25(27-13-7-6-10-21(27)26(28)29)20-11-12-22(23(15-20)30-2)31-16-19-8-4-3-5-9-19/h3-5,8-9,11-12,14-15,17,21,25H,6-7,10,13,16H2,1-2H3,(H,28,29). The quantitative estimate of drug-likeness (QED) is 0.478. The molecule has 32 heavy (non-hydrogen) atoms. The van der Waals surface area contributed by atoms with E-state index in [0.717, 1.165) is 35.4 Å². The lowest BCUT2D eigenvalue weighted by atomic mass is 9.95. The van der Waals surface area contributed by atoms with Crippen LogP contribution >= 0.6 is 11.3 Å². The van der Waals surface area contributed by atoms with Gasteiger partial charge in [0, 0.05) is 4.88 Å². The Labute approximate surface area is 193 Å². The van der Waals surface area contributed by atoms with Crippen LogP contribution in [0.1, 0.15) is 46.9 Å². The van der Waals surface area contributed by atoms with E-state index in [2.05, 4.69) is 23.3 Å². The molecule has 1 fully saturated rings. The average molecular weight is 452 g/mol. The summed E-state index contributed by atoms with van der Waals surface area (Å²) in [5, 5.41) is 12.0. The highest BCUT2D eigenvalue weighted by molar-refractivity contribution is 7.10. The van der Waals surface area contributed by atoms with Gasteiger partial charge in [0.2, 0.25) is 0 Å². The van der Waals surface area contributed by atoms with E-state index in [1.54, 1.807) is 18.4 Å². The van der Waals surface area contributed by atoms with Crippen molar-refractivity contribution in [2.45, 2.75) is 44.9 Å². The summed E-state index contributed by atoms with van der Waals surface area (Å²) in [4.78, 5) is 15.3. The summed E-state index contributed by atoms with van der Waals surface area (Å²) in [5.41, 5.74) is 3.29. The zero-order valence-corrected chi connectivity index (χ0v) is 19.3. The van der Waals surface area contributed by atoms with Crippen molar-refractivity contribution in [3.63, 3.8) is 0 Å². The van der Waals surface area contributed by atoms with Crippen molar-refractivity contribution in [2.24, 2.45) is 0 Å². The van der Waals surface area contributed by atoms with Crippen LogP contribution in [0.3, 0.4) is 0 Å². The van der Waals surface area contributed by atoms with Gasteiger partial charge in [0.25, 0.3) is 0 Å². The van der Waals surface area contributed by atoms with Crippen LogP contribution in [-0.2, 0) is 11.4 Å². The molecule has 1 aromatic heterocycles. The average Bonchev–Trinajstić information content (AvgIpc) is 3.24. The first-order valence-electron chi connectivity index (χ1n) is 10.9. The van der Waals surface area contributed by atoms with Crippen LogP contribution in [0.15, 0.2) is 60.0 Å². The van der Waals surface area contributed by atoms with Gasteiger partial charge in [-0.15, -0.1) is 11.3 Å². The summed E-state index contributed by atoms with van der Waals surface area (Å²) >= 11 is 1.68. The second-order valence-corrected chi connectivity index (χ2v) is 9.14. The molecule has 0 saturated carbocycles. The van der Waals surface area contributed by atoms with Crippen LogP contribution in [0.5, 0.6) is 11.5 Å². The van der Waals surface area contributed by atoms with E-state index in [1.165, 1.54) is 5.56 Å². The number of carboxylic acids is 1. The van der Waals surface area contributed by atoms with Crippen LogP contribution in [0.2, 0.25) is 0 Å². The van der Waals surface area contributed by atoms with Gasteiger partial charge in [-0.1, -0.05) is 42.8 Å². The maximum absolute atomic E-state index is 12.1. The van der Waals surface area contributed by atoms with Crippen LogP contribution in [0.25, 0.3) is 0 Å². The number of methoxy groups -OCH3 is 1. The van der Waals surface area contributed by atoms with Crippen LogP contribution in [0, 0.1) is 6.92 Å². The van der Waals surface area contributed by atoms with Crippen molar-refractivity contribution in [3.05, 3.63) is 81.5 Å². The topological polar surface area (TPSA) is 59.0 Å². The Hall–Kier alpha value is -2.83. The summed E-state index contributed by atoms with van der Waals surface area (Å²) in [6.07, 6.45) is 2.62. The lowest BCUT2D eigenvalue weighted by Crippen LogP contribution is -2.46. The zero-order chi connectivity index (χ0) is 22.5. The Kier molecular flexibility index (Phi) is 7.12. The Morgan fingerprint density at radius 1 is 1.16 bits per heavy atom. The molecule has 4 rings (SSSR count). The van der Waals surface area contributed by atoms with Gasteiger partial charge < -0.3 is 14.6 Å². The summed E-state index contributed by atoms with van der Waals surface area (Å²) in [6, 6.07) is 17.5. The molecular formula is C26H29NO4S. The maximum Gasteiger partial charge on any atom is 0.320 e. The highest BCUT2D eigenvalue weighted by atomic mass is 32.1. The van der Waals surface area contributed by atoms with E-state index in [4.69, 9.17) is 9.47 Å². The monoisotopic (exact) mass is 451 g/mol. The maximum atomic E-state index is 12.1. The van der Waals surface area contributed by atoms with Gasteiger partial charge in [0.15, 0.2) is 11.5 Å². The Morgan fingerprint density at radius 2 is 1.97 bits per heavy atom. The molecule has 1 aliphatic rings. The normalized spacial score (nSPS) is 17.6. The first-order valence-corrected chi connectivity index (χ1v) is 11.8. The Balaban J connectivity index is 1.67. The van der Waals surface area contributed by atoms with Gasteiger partial charge in [0.1, 0.15) is 12.6 Å². The molecule has 6 heteroatoms. The molecular weight excluding hydrogens is 422 g/mol. The van der Waals surface area contributed by atoms with Crippen molar-refractivity contribution in [1.29, 1.82) is 0 Å². The molecule has 2 aromatic carbocycles. The molecule has 2 heterocycles. The van der Waals surface area contributed by atoms with Crippen molar-refractivity contribution in [2.75, 3.05) is 13.7 Å². The number of carboxylic acid groups (broad SMARTS) is 1. The molecule has 0 bridgehead atoms. The van der Waals surface area contributed by atoms with E-state index < -0.39 is 12.0 Å². The molecule has 1 saturated heterocycles. The van der Waals surface area contributed by atoms with Crippen molar-refractivity contribution < 1.29 is 19.4 Å². The van der Waals surface area contributed by atoms with Crippen molar-refractivity contribution in [3.8, 4) is 11.5 Å². The summed E-state index contributed by atoms with van der Waals surface area (Å²) in [7, 11) is 1.64. The molecule has 3 aromatic rings. The van der Waals surface area contributed by atoms with Gasteiger partial charge in [-0.2, -0.15) is 0 Å². The smallest absolute Gasteiger partial charge is 0.320 e. The Bertz CT molecular complexity index is 1050. The summed E-state index contributed by atoms with van der Waals surface area (Å²) in [5.74, 6) is 0.577. The third kappa shape index (κ3) is 4.97. The number of hydrogen-bond donors (Lipinski definition) is 1. The van der Waals surface area contributed by atoms with E-state index in [0.29, 0.717) is 24.5 Å². The molecule has 5 nitrogen and oxygen atoms in total. The number of aliphatic carboxylic acids is 1. The number of rotatable bonds is 8. The predicted molar refractivity (Wildman–Crippen MR) is 127 cm³/mol. The molecule has 0 radical (unpaired) electrons.